The van der Waals surface area contributed by atoms with Gasteiger partial charge in [-0.15, -0.1) is 0 Å². The predicted molar refractivity (Wildman–Crippen MR) is 86.0 cm³/mol. The number of nitrogens with zero attached hydrogens (tertiary/aromatic N) is 2. The number of amides is 1. The van der Waals surface area contributed by atoms with Crippen molar-refractivity contribution >= 4 is 6.09 Å². The number of halogens is 1. The maximum atomic E-state index is 12.8. The molecule has 2 heterocycles. The SMILES string of the molecule is O=C(OCc1ccccc1)N1CCC(Oc2ccc(F)nc2)CC1. The summed E-state index contributed by atoms with van der Waals surface area (Å²) in [6, 6.07) is 12.4. The monoisotopic (exact) mass is 330 g/mol. The fraction of sp³-hybridized carbons (Fsp3) is 0.333. The molecule has 6 heteroatoms. The van der Waals surface area contributed by atoms with Crippen LogP contribution in [0.3, 0.4) is 0 Å². The van der Waals surface area contributed by atoms with Crippen molar-refractivity contribution < 1.29 is 18.7 Å². The molecule has 3 rings (SSSR count). The molecule has 0 spiro atoms. The first-order valence-electron chi connectivity index (χ1n) is 7.94. The summed E-state index contributed by atoms with van der Waals surface area (Å²) in [5.74, 6) is 0.0137. The third-order valence-electron chi connectivity index (χ3n) is 3.91. The number of benzene rings is 1. The minimum absolute atomic E-state index is 0.00423. The lowest BCUT2D eigenvalue weighted by atomic mass is 10.1. The molecule has 24 heavy (non-hydrogen) atoms. The zero-order valence-electron chi connectivity index (χ0n) is 13.2. The van der Waals surface area contributed by atoms with E-state index in [0.29, 0.717) is 31.7 Å². The highest BCUT2D eigenvalue weighted by molar-refractivity contribution is 5.67. The zero-order chi connectivity index (χ0) is 16.8. The molecule has 2 aromatic rings. The second-order valence-corrected chi connectivity index (χ2v) is 5.66. The number of ether oxygens (including phenoxy) is 2. The van der Waals surface area contributed by atoms with Gasteiger partial charge < -0.3 is 14.4 Å². The van der Waals surface area contributed by atoms with Gasteiger partial charge in [0.15, 0.2) is 0 Å². The van der Waals surface area contributed by atoms with Gasteiger partial charge in [0.2, 0.25) is 5.95 Å². The maximum Gasteiger partial charge on any atom is 0.410 e. The Bertz CT molecular complexity index is 656. The Morgan fingerprint density at radius 1 is 1.17 bits per heavy atom. The van der Waals surface area contributed by atoms with Crippen LogP contribution in [0.1, 0.15) is 18.4 Å². The second kappa shape index (κ2) is 7.77. The van der Waals surface area contributed by atoms with E-state index in [0.717, 1.165) is 5.56 Å². The Balaban J connectivity index is 1.42. The van der Waals surface area contributed by atoms with Crippen LogP contribution in [0.25, 0.3) is 0 Å². The van der Waals surface area contributed by atoms with Crippen LogP contribution in [0.4, 0.5) is 9.18 Å². The molecule has 1 saturated heterocycles. The van der Waals surface area contributed by atoms with Crippen molar-refractivity contribution in [2.75, 3.05) is 13.1 Å². The fourth-order valence-corrected chi connectivity index (χ4v) is 2.59. The van der Waals surface area contributed by atoms with E-state index in [1.165, 1.54) is 12.3 Å². The first-order valence-corrected chi connectivity index (χ1v) is 7.94. The molecule has 0 atom stereocenters. The van der Waals surface area contributed by atoms with Gasteiger partial charge in [0.25, 0.3) is 0 Å². The Labute approximate surface area is 140 Å². The molecule has 0 saturated carbocycles. The van der Waals surface area contributed by atoms with E-state index in [1.807, 2.05) is 30.3 Å². The number of carbonyl (C=O) groups excluding carboxylic acids is 1. The second-order valence-electron chi connectivity index (χ2n) is 5.66. The molecule has 1 aliphatic heterocycles. The molecule has 0 unspecified atom stereocenters. The van der Waals surface area contributed by atoms with E-state index < -0.39 is 5.95 Å². The minimum atomic E-state index is -0.529. The fourth-order valence-electron chi connectivity index (χ4n) is 2.59. The molecule has 126 valence electrons. The topological polar surface area (TPSA) is 51.7 Å². The summed E-state index contributed by atoms with van der Waals surface area (Å²) < 4.78 is 23.9. The lowest BCUT2D eigenvalue weighted by molar-refractivity contribution is 0.0637. The first-order chi connectivity index (χ1) is 11.7. The number of piperidine rings is 1. The minimum Gasteiger partial charge on any atom is -0.489 e. The highest BCUT2D eigenvalue weighted by Crippen LogP contribution is 2.19. The highest BCUT2D eigenvalue weighted by Gasteiger charge is 2.25. The molecule has 1 amide bonds. The largest absolute Gasteiger partial charge is 0.489 e. The van der Waals surface area contributed by atoms with Crippen LogP contribution in [-0.4, -0.2) is 35.2 Å². The van der Waals surface area contributed by atoms with Gasteiger partial charge >= 0.3 is 6.09 Å². The van der Waals surface area contributed by atoms with Crippen LogP contribution < -0.4 is 4.74 Å². The standard InChI is InChI=1S/C18H19FN2O3/c19-17-7-6-16(12-20-17)24-15-8-10-21(11-9-15)18(22)23-13-14-4-2-1-3-5-14/h1-7,12,15H,8-11,13H2. The lowest BCUT2D eigenvalue weighted by Gasteiger charge is -2.31. The van der Waals surface area contributed by atoms with Crippen molar-refractivity contribution in [1.29, 1.82) is 0 Å². The van der Waals surface area contributed by atoms with Crippen LogP contribution in [0.15, 0.2) is 48.7 Å². The van der Waals surface area contributed by atoms with E-state index in [1.54, 1.807) is 11.0 Å². The summed E-state index contributed by atoms with van der Waals surface area (Å²) in [4.78, 5) is 17.3. The molecular weight excluding hydrogens is 311 g/mol. The molecule has 1 fully saturated rings. The molecule has 1 aromatic heterocycles. The van der Waals surface area contributed by atoms with Crippen LogP contribution in [0, 0.1) is 5.95 Å². The smallest absolute Gasteiger partial charge is 0.410 e. The van der Waals surface area contributed by atoms with E-state index >= 15 is 0 Å². The van der Waals surface area contributed by atoms with E-state index in [2.05, 4.69) is 4.98 Å². The van der Waals surface area contributed by atoms with Crippen LogP contribution >= 0.6 is 0 Å². The summed E-state index contributed by atoms with van der Waals surface area (Å²) in [5.41, 5.74) is 0.966. The maximum absolute atomic E-state index is 12.8. The Morgan fingerprint density at radius 2 is 1.92 bits per heavy atom. The van der Waals surface area contributed by atoms with Gasteiger partial charge in [-0.1, -0.05) is 30.3 Å². The number of likely N-dealkylation sites (tertiary alicyclic amines) is 1. The van der Waals surface area contributed by atoms with Crippen molar-refractivity contribution in [1.82, 2.24) is 9.88 Å². The first kappa shape index (κ1) is 16.2. The third-order valence-corrected chi connectivity index (χ3v) is 3.91. The number of hydrogen-bond donors (Lipinski definition) is 0. The van der Waals surface area contributed by atoms with Gasteiger partial charge in [-0.3, -0.25) is 0 Å². The number of hydrogen-bond acceptors (Lipinski definition) is 4. The highest BCUT2D eigenvalue weighted by atomic mass is 19.1. The van der Waals surface area contributed by atoms with Crippen LogP contribution in [0.2, 0.25) is 0 Å². The van der Waals surface area contributed by atoms with Crippen molar-refractivity contribution in [3.63, 3.8) is 0 Å². The molecule has 0 radical (unpaired) electrons. The molecule has 5 nitrogen and oxygen atoms in total. The molecule has 0 bridgehead atoms. The quantitative estimate of drug-likeness (QED) is 0.806. The van der Waals surface area contributed by atoms with Gasteiger partial charge in [0, 0.05) is 25.9 Å². The summed E-state index contributed by atoms with van der Waals surface area (Å²) in [5, 5.41) is 0. The number of aromatic nitrogens is 1. The van der Waals surface area contributed by atoms with Crippen molar-refractivity contribution in [2.45, 2.75) is 25.6 Å². The average Bonchev–Trinajstić information content (AvgIpc) is 2.63. The van der Waals surface area contributed by atoms with Gasteiger partial charge in [0.1, 0.15) is 18.5 Å². The van der Waals surface area contributed by atoms with Gasteiger partial charge in [0.05, 0.1) is 6.20 Å². The predicted octanol–water partition coefficient (Wildman–Crippen LogP) is 3.40. The third kappa shape index (κ3) is 4.44. The summed E-state index contributed by atoms with van der Waals surface area (Å²) in [7, 11) is 0. The molecular formula is C18H19FN2O3. The Morgan fingerprint density at radius 3 is 2.58 bits per heavy atom. The average molecular weight is 330 g/mol. The Kier molecular flexibility index (Phi) is 5.25. The lowest BCUT2D eigenvalue weighted by Crippen LogP contribution is -2.42. The van der Waals surface area contributed by atoms with Crippen LogP contribution in [0.5, 0.6) is 5.75 Å². The molecule has 1 aromatic carbocycles. The molecule has 1 aliphatic rings. The summed E-state index contributed by atoms with van der Waals surface area (Å²) in [6.07, 6.45) is 2.47. The van der Waals surface area contributed by atoms with Crippen LogP contribution in [-0.2, 0) is 11.3 Å². The van der Waals surface area contributed by atoms with Gasteiger partial charge in [-0.2, -0.15) is 4.39 Å². The normalized spacial score (nSPS) is 15.1. The van der Waals surface area contributed by atoms with Gasteiger partial charge in [-0.05, 0) is 17.7 Å². The molecule has 0 N–H and O–H groups in total. The van der Waals surface area contributed by atoms with Crippen molar-refractivity contribution in [3.8, 4) is 5.75 Å². The van der Waals surface area contributed by atoms with E-state index in [9.17, 15) is 9.18 Å². The Hall–Kier alpha value is -2.63. The number of carbonyl (C=O) groups is 1. The van der Waals surface area contributed by atoms with Crippen molar-refractivity contribution in [3.05, 3.63) is 60.2 Å². The van der Waals surface area contributed by atoms with Crippen molar-refractivity contribution in [2.24, 2.45) is 0 Å². The molecule has 0 aliphatic carbocycles. The summed E-state index contributed by atoms with van der Waals surface area (Å²) >= 11 is 0. The summed E-state index contributed by atoms with van der Waals surface area (Å²) in [6.45, 7) is 1.43. The zero-order valence-corrected chi connectivity index (χ0v) is 13.2. The number of pyridine rings is 1. The number of rotatable bonds is 4. The van der Waals surface area contributed by atoms with Gasteiger partial charge in [-0.25, -0.2) is 9.78 Å². The van der Waals surface area contributed by atoms with E-state index in [4.69, 9.17) is 9.47 Å². The van der Waals surface area contributed by atoms with E-state index in [-0.39, 0.29) is 18.8 Å².